The number of aromatic nitrogens is 1. The zero-order valence-corrected chi connectivity index (χ0v) is 19.1. The van der Waals surface area contributed by atoms with E-state index in [1.807, 2.05) is 19.1 Å². The molecule has 0 aliphatic carbocycles. The van der Waals surface area contributed by atoms with Gasteiger partial charge >= 0.3 is 0 Å². The summed E-state index contributed by atoms with van der Waals surface area (Å²) in [7, 11) is -3.17. The van der Waals surface area contributed by atoms with Gasteiger partial charge in [-0.05, 0) is 44.0 Å². The second-order valence-electron chi connectivity index (χ2n) is 7.75. The first kappa shape index (κ1) is 21.8. The van der Waals surface area contributed by atoms with Crippen molar-refractivity contribution in [1.82, 2.24) is 10.3 Å². The van der Waals surface area contributed by atoms with Crippen LogP contribution in [0.4, 0.5) is 5.69 Å². The van der Waals surface area contributed by atoms with E-state index in [0.29, 0.717) is 15.7 Å². The number of nitrogens with zero attached hydrogens (tertiary/aromatic N) is 2. The molecule has 0 bridgehead atoms. The molecule has 0 unspecified atom stereocenters. The highest BCUT2D eigenvalue weighted by atomic mass is 32.2. The number of sulfone groups is 1. The van der Waals surface area contributed by atoms with Gasteiger partial charge in [0.1, 0.15) is 4.88 Å². The lowest BCUT2D eigenvalue weighted by Crippen LogP contribution is -2.44. The predicted octanol–water partition coefficient (Wildman–Crippen LogP) is 3.77. The minimum Gasteiger partial charge on any atom is -0.371 e. The van der Waals surface area contributed by atoms with Gasteiger partial charge in [0.15, 0.2) is 9.84 Å². The summed E-state index contributed by atoms with van der Waals surface area (Å²) in [5.74, 6) is 0.400. The number of piperidine rings is 1. The van der Waals surface area contributed by atoms with Crippen molar-refractivity contribution in [3.8, 4) is 0 Å². The molecule has 2 heterocycles. The predicted molar refractivity (Wildman–Crippen MR) is 118 cm³/mol. The van der Waals surface area contributed by atoms with Crippen LogP contribution in [0.15, 0.2) is 29.2 Å². The van der Waals surface area contributed by atoms with Gasteiger partial charge in [-0.2, -0.15) is 0 Å². The SMILES string of the molecule is CCS(=O)(=O)c1ccc(N2CCC(NC(=O)c3sc(C(C)C)nc3C)CC2)cc1. The number of rotatable bonds is 6. The number of anilines is 1. The first-order chi connectivity index (χ1) is 13.7. The average Bonchev–Trinajstić information content (AvgIpc) is 3.11. The molecule has 0 saturated carbocycles. The molecule has 1 N–H and O–H groups in total. The van der Waals surface area contributed by atoms with E-state index in [9.17, 15) is 13.2 Å². The molecule has 1 fully saturated rings. The van der Waals surface area contributed by atoms with Gasteiger partial charge in [-0.3, -0.25) is 4.79 Å². The fraction of sp³-hybridized carbons (Fsp3) is 0.524. The van der Waals surface area contributed by atoms with E-state index in [-0.39, 0.29) is 17.7 Å². The number of thiazole rings is 1. The number of nitrogens with one attached hydrogen (secondary N) is 1. The van der Waals surface area contributed by atoms with Crippen molar-refractivity contribution < 1.29 is 13.2 Å². The van der Waals surface area contributed by atoms with E-state index >= 15 is 0 Å². The summed E-state index contributed by atoms with van der Waals surface area (Å²) in [6, 6.07) is 7.25. The fourth-order valence-electron chi connectivity index (χ4n) is 3.44. The van der Waals surface area contributed by atoms with Gasteiger partial charge in [-0.15, -0.1) is 11.3 Å². The Labute approximate surface area is 177 Å². The van der Waals surface area contributed by atoms with Crippen LogP contribution in [0.2, 0.25) is 0 Å². The molecular formula is C21H29N3O3S2. The second-order valence-corrected chi connectivity index (χ2v) is 11.1. The molecule has 8 heteroatoms. The molecule has 0 radical (unpaired) electrons. The normalized spacial score (nSPS) is 15.7. The Balaban J connectivity index is 1.57. The fourth-order valence-corrected chi connectivity index (χ4v) is 5.30. The summed E-state index contributed by atoms with van der Waals surface area (Å²) in [6.45, 7) is 9.36. The topological polar surface area (TPSA) is 79.4 Å². The first-order valence-electron chi connectivity index (χ1n) is 10.1. The zero-order valence-electron chi connectivity index (χ0n) is 17.4. The lowest BCUT2D eigenvalue weighted by Gasteiger charge is -2.34. The van der Waals surface area contributed by atoms with Crippen molar-refractivity contribution in [2.24, 2.45) is 0 Å². The molecule has 1 aliphatic rings. The number of hydrogen-bond donors (Lipinski definition) is 1. The van der Waals surface area contributed by atoms with E-state index in [4.69, 9.17) is 0 Å². The van der Waals surface area contributed by atoms with Gasteiger partial charge in [0.25, 0.3) is 5.91 Å². The number of hydrogen-bond acceptors (Lipinski definition) is 6. The molecule has 29 heavy (non-hydrogen) atoms. The van der Waals surface area contributed by atoms with Crippen LogP contribution < -0.4 is 10.2 Å². The molecule has 158 valence electrons. The summed E-state index contributed by atoms with van der Waals surface area (Å²) < 4.78 is 23.9. The van der Waals surface area contributed by atoms with E-state index in [0.717, 1.165) is 42.3 Å². The Morgan fingerprint density at radius 3 is 2.38 bits per heavy atom. The highest BCUT2D eigenvalue weighted by molar-refractivity contribution is 7.91. The molecule has 6 nitrogen and oxygen atoms in total. The van der Waals surface area contributed by atoms with Crippen LogP contribution in [-0.4, -0.2) is 44.2 Å². The van der Waals surface area contributed by atoms with Crippen molar-refractivity contribution in [1.29, 1.82) is 0 Å². The summed E-state index contributed by atoms with van der Waals surface area (Å²) in [4.78, 5) is 20.5. The van der Waals surface area contributed by atoms with E-state index in [1.54, 1.807) is 19.1 Å². The number of aryl methyl sites for hydroxylation is 1. The minimum atomic E-state index is -3.17. The third-order valence-electron chi connectivity index (χ3n) is 5.28. The molecular weight excluding hydrogens is 406 g/mol. The van der Waals surface area contributed by atoms with Gasteiger partial charge in [0.05, 0.1) is 21.3 Å². The van der Waals surface area contributed by atoms with Crippen molar-refractivity contribution in [3.05, 3.63) is 39.8 Å². The maximum absolute atomic E-state index is 12.7. The van der Waals surface area contributed by atoms with E-state index < -0.39 is 9.84 Å². The van der Waals surface area contributed by atoms with Crippen molar-refractivity contribution in [2.75, 3.05) is 23.7 Å². The molecule has 1 saturated heterocycles. The van der Waals surface area contributed by atoms with Gasteiger partial charge in [0, 0.05) is 30.7 Å². The Morgan fingerprint density at radius 2 is 1.86 bits per heavy atom. The van der Waals surface area contributed by atoms with Crippen LogP contribution in [0.5, 0.6) is 0 Å². The number of benzene rings is 1. The summed E-state index contributed by atoms with van der Waals surface area (Å²) in [6.07, 6.45) is 1.71. The third-order valence-corrected chi connectivity index (χ3v) is 8.49. The number of carbonyl (C=O) groups is 1. The van der Waals surface area contributed by atoms with Crippen LogP contribution in [0.25, 0.3) is 0 Å². The molecule has 2 aromatic rings. The maximum atomic E-state index is 12.7. The standard InChI is InChI=1S/C21H29N3O3S2/c1-5-29(26,27)18-8-6-17(7-9-18)24-12-10-16(11-13-24)23-20(25)19-15(4)22-21(28-19)14(2)3/h6-9,14,16H,5,10-13H2,1-4H3,(H,23,25). The van der Waals surface area contributed by atoms with Crippen LogP contribution in [0.3, 0.4) is 0 Å². The van der Waals surface area contributed by atoms with Gasteiger partial charge < -0.3 is 10.2 Å². The van der Waals surface area contributed by atoms with Crippen molar-refractivity contribution in [3.63, 3.8) is 0 Å². The molecule has 1 aromatic heterocycles. The molecule has 1 aliphatic heterocycles. The lowest BCUT2D eigenvalue weighted by molar-refractivity contribution is 0.0934. The summed E-state index contributed by atoms with van der Waals surface area (Å²) >= 11 is 1.48. The zero-order chi connectivity index (χ0) is 21.2. The number of amides is 1. The van der Waals surface area contributed by atoms with Gasteiger partial charge in [-0.1, -0.05) is 20.8 Å². The van der Waals surface area contributed by atoms with E-state index in [2.05, 4.69) is 29.0 Å². The van der Waals surface area contributed by atoms with Gasteiger partial charge in [-0.25, -0.2) is 13.4 Å². The third kappa shape index (κ3) is 4.98. The molecule has 3 rings (SSSR count). The Hall–Kier alpha value is -1.93. The lowest BCUT2D eigenvalue weighted by atomic mass is 10.0. The minimum absolute atomic E-state index is 0.0283. The smallest absolute Gasteiger partial charge is 0.263 e. The average molecular weight is 436 g/mol. The highest BCUT2D eigenvalue weighted by Gasteiger charge is 2.24. The summed E-state index contributed by atoms with van der Waals surface area (Å²) in [5.41, 5.74) is 1.82. The van der Waals surface area contributed by atoms with Crippen molar-refractivity contribution in [2.45, 2.75) is 57.4 Å². The Bertz CT molecular complexity index is 958. The quantitative estimate of drug-likeness (QED) is 0.747. The number of carbonyl (C=O) groups excluding carboxylic acids is 1. The largest absolute Gasteiger partial charge is 0.371 e. The van der Waals surface area contributed by atoms with Crippen LogP contribution >= 0.6 is 11.3 Å². The van der Waals surface area contributed by atoms with E-state index in [1.165, 1.54) is 11.3 Å². The first-order valence-corrected chi connectivity index (χ1v) is 12.5. The van der Waals surface area contributed by atoms with Gasteiger partial charge in [0.2, 0.25) is 0 Å². The van der Waals surface area contributed by atoms with Crippen molar-refractivity contribution >= 4 is 32.8 Å². The molecule has 1 aromatic carbocycles. The Kier molecular flexibility index (Phi) is 6.63. The molecule has 0 spiro atoms. The van der Waals surface area contributed by atoms with Crippen LogP contribution in [0, 0.1) is 6.92 Å². The second kappa shape index (κ2) is 8.83. The maximum Gasteiger partial charge on any atom is 0.263 e. The van der Waals surface area contributed by atoms with Crippen LogP contribution in [-0.2, 0) is 9.84 Å². The van der Waals surface area contributed by atoms with Crippen LogP contribution in [0.1, 0.15) is 59.9 Å². The Morgan fingerprint density at radius 1 is 1.24 bits per heavy atom. The monoisotopic (exact) mass is 435 g/mol. The summed E-state index contributed by atoms with van der Waals surface area (Å²) in [5, 5.41) is 4.16. The highest BCUT2D eigenvalue weighted by Crippen LogP contribution is 2.26. The molecule has 0 atom stereocenters. The molecule has 1 amide bonds.